The van der Waals surface area contributed by atoms with Crippen LogP contribution in [0.25, 0.3) is 11.1 Å². The molecule has 7 nitrogen and oxygen atoms in total. The summed E-state index contributed by atoms with van der Waals surface area (Å²) in [6.07, 6.45) is 1.89. The number of ether oxygens (including phenoxy) is 2. The molecule has 0 bridgehead atoms. The SMILES string of the molecule is COCC(NC(=O)C(NC(=O)C(CCCc1ccc(-c2ccccc2)c(C)c1)CC(=O)OC(C)(C)C)C(C)C)c1ccccc1. The lowest BCUT2D eigenvalue weighted by Crippen LogP contribution is -2.52. The third-order valence-corrected chi connectivity index (χ3v) is 7.70. The van der Waals surface area contributed by atoms with Gasteiger partial charge >= 0.3 is 5.97 Å². The minimum absolute atomic E-state index is 0.0577. The lowest BCUT2D eigenvalue weighted by atomic mass is 9.92. The van der Waals surface area contributed by atoms with Crippen molar-refractivity contribution < 1.29 is 23.9 Å². The van der Waals surface area contributed by atoms with Crippen molar-refractivity contribution in [3.8, 4) is 11.1 Å². The van der Waals surface area contributed by atoms with Crippen molar-refractivity contribution in [2.45, 2.75) is 84.9 Å². The zero-order valence-corrected chi connectivity index (χ0v) is 27.9. The average molecular weight is 615 g/mol. The zero-order valence-electron chi connectivity index (χ0n) is 27.9. The minimum Gasteiger partial charge on any atom is -0.460 e. The van der Waals surface area contributed by atoms with Crippen LogP contribution in [-0.4, -0.2) is 43.1 Å². The van der Waals surface area contributed by atoms with E-state index in [0.717, 1.165) is 12.0 Å². The Kier molecular flexibility index (Phi) is 13.4. The van der Waals surface area contributed by atoms with Crippen LogP contribution < -0.4 is 10.6 Å². The maximum Gasteiger partial charge on any atom is 0.307 e. The van der Waals surface area contributed by atoms with Crippen molar-refractivity contribution in [3.05, 3.63) is 95.6 Å². The monoisotopic (exact) mass is 614 g/mol. The summed E-state index contributed by atoms with van der Waals surface area (Å²) < 4.78 is 10.9. The maximum absolute atomic E-state index is 13.7. The lowest BCUT2D eigenvalue weighted by molar-refractivity contribution is -0.157. The van der Waals surface area contributed by atoms with E-state index in [1.807, 2.05) is 83.1 Å². The van der Waals surface area contributed by atoms with E-state index in [4.69, 9.17) is 9.47 Å². The van der Waals surface area contributed by atoms with Crippen LogP contribution in [0.1, 0.15) is 76.6 Å². The van der Waals surface area contributed by atoms with Crippen molar-refractivity contribution in [3.63, 3.8) is 0 Å². The van der Waals surface area contributed by atoms with Gasteiger partial charge in [0, 0.05) is 13.0 Å². The molecule has 3 atom stereocenters. The number of rotatable bonds is 15. The molecular formula is C38H50N2O5. The van der Waals surface area contributed by atoms with Crippen LogP contribution in [-0.2, 0) is 30.3 Å². The number of carbonyl (C=O) groups is 3. The fraction of sp³-hybridized carbons (Fsp3) is 0.447. The van der Waals surface area contributed by atoms with Gasteiger partial charge in [0.25, 0.3) is 0 Å². The molecule has 0 aliphatic rings. The highest BCUT2D eigenvalue weighted by molar-refractivity contribution is 5.90. The van der Waals surface area contributed by atoms with E-state index in [1.165, 1.54) is 22.3 Å². The van der Waals surface area contributed by atoms with Crippen LogP contribution in [0.5, 0.6) is 0 Å². The van der Waals surface area contributed by atoms with Crippen molar-refractivity contribution in [2.75, 3.05) is 13.7 Å². The molecule has 2 N–H and O–H groups in total. The van der Waals surface area contributed by atoms with Gasteiger partial charge in [0.2, 0.25) is 11.8 Å². The Morgan fingerprint density at radius 2 is 1.49 bits per heavy atom. The van der Waals surface area contributed by atoms with E-state index in [2.05, 4.69) is 47.9 Å². The molecule has 7 heteroatoms. The van der Waals surface area contributed by atoms with Gasteiger partial charge in [-0.1, -0.05) is 92.7 Å². The smallest absolute Gasteiger partial charge is 0.307 e. The summed E-state index contributed by atoms with van der Waals surface area (Å²) in [6, 6.07) is 25.2. The molecule has 45 heavy (non-hydrogen) atoms. The fourth-order valence-electron chi connectivity index (χ4n) is 5.43. The molecule has 0 heterocycles. The van der Waals surface area contributed by atoms with Crippen LogP contribution in [0.4, 0.5) is 0 Å². The first-order valence-corrected chi connectivity index (χ1v) is 15.9. The van der Waals surface area contributed by atoms with E-state index in [9.17, 15) is 14.4 Å². The molecule has 0 aliphatic heterocycles. The van der Waals surface area contributed by atoms with E-state index in [-0.39, 0.29) is 30.2 Å². The first-order valence-electron chi connectivity index (χ1n) is 15.9. The quantitative estimate of drug-likeness (QED) is 0.180. The summed E-state index contributed by atoms with van der Waals surface area (Å²) in [5, 5.41) is 6.02. The molecule has 0 aliphatic carbocycles. The van der Waals surface area contributed by atoms with E-state index >= 15 is 0 Å². The summed E-state index contributed by atoms with van der Waals surface area (Å²) in [5.74, 6) is -1.87. The van der Waals surface area contributed by atoms with Gasteiger partial charge in [0.15, 0.2) is 0 Å². The Labute approximate surface area is 269 Å². The van der Waals surface area contributed by atoms with E-state index < -0.39 is 23.5 Å². The third-order valence-electron chi connectivity index (χ3n) is 7.70. The zero-order chi connectivity index (χ0) is 33.0. The second-order valence-corrected chi connectivity index (χ2v) is 13.1. The van der Waals surface area contributed by atoms with Gasteiger partial charge in [-0.15, -0.1) is 0 Å². The summed E-state index contributed by atoms with van der Waals surface area (Å²) >= 11 is 0. The molecule has 3 aromatic carbocycles. The Hall–Kier alpha value is -3.97. The molecule has 3 unspecified atom stereocenters. The predicted molar refractivity (Wildman–Crippen MR) is 179 cm³/mol. The van der Waals surface area contributed by atoms with Crippen LogP contribution in [0.15, 0.2) is 78.9 Å². The first-order chi connectivity index (χ1) is 21.4. The molecular weight excluding hydrogens is 564 g/mol. The number of hydrogen-bond donors (Lipinski definition) is 2. The topological polar surface area (TPSA) is 93.7 Å². The lowest BCUT2D eigenvalue weighted by Gasteiger charge is -2.27. The maximum atomic E-state index is 13.7. The molecule has 3 aromatic rings. The van der Waals surface area contributed by atoms with Crippen molar-refractivity contribution in [1.29, 1.82) is 0 Å². The first kappa shape index (κ1) is 35.5. The van der Waals surface area contributed by atoms with Gasteiger partial charge in [-0.25, -0.2) is 0 Å². The Morgan fingerprint density at radius 3 is 2.07 bits per heavy atom. The Balaban J connectivity index is 1.71. The Morgan fingerprint density at radius 1 is 0.844 bits per heavy atom. The number of esters is 1. The van der Waals surface area contributed by atoms with Crippen molar-refractivity contribution >= 4 is 17.8 Å². The third kappa shape index (κ3) is 11.5. The number of methoxy groups -OCH3 is 1. The largest absolute Gasteiger partial charge is 0.460 e. The number of aryl methyl sites for hydroxylation is 2. The molecule has 3 rings (SSSR count). The normalized spacial score (nSPS) is 13.5. The summed E-state index contributed by atoms with van der Waals surface area (Å²) in [4.78, 5) is 40.1. The Bertz CT molecular complexity index is 1380. The number of nitrogens with one attached hydrogen (secondary N) is 2. The predicted octanol–water partition coefficient (Wildman–Crippen LogP) is 6.98. The van der Waals surface area contributed by atoms with Crippen LogP contribution in [0.3, 0.4) is 0 Å². The molecule has 0 saturated heterocycles. The van der Waals surface area contributed by atoms with Gasteiger partial charge < -0.3 is 20.1 Å². The van der Waals surface area contributed by atoms with Crippen molar-refractivity contribution in [1.82, 2.24) is 10.6 Å². The summed E-state index contributed by atoms with van der Waals surface area (Å²) in [5.41, 5.74) is 4.99. The summed E-state index contributed by atoms with van der Waals surface area (Å²) in [7, 11) is 1.59. The highest BCUT2D eigenvalue weighted by Gasteiger charge is 2.31. The number of carbonyl (C=O) groups excluding carboxylic acids is 3. The summed E-state index contributed by atoms with van der Waals surface area (Å²) in [6.45, 7) is 11.6. The van der Waals surface area contributed by atoms with E-state index in [1.54, 1.807) is 7.11 Å². The number of hydrogen-bond acceptors (Lipinski definition) is 5. The van der Waals surface area contributed by atoms with Gasteiger partial charge in [0.05, 0.1) is 19.1 Å². The second-order valence-electron chi connectivity index (χ2n) is 13.1. The standard InChI is InChI=1S/C38H50N2O5/c1-26(2)35(37(43)39-33(25-44-7)30-18-12-9-13-19-30)40-36(42)31(24-34(41)45-38(4,5)6)20-14-15-28-21-22-32(27(3)23-28)29-16-10-8-11-17-29/h8-13,16-19,21-23,26,31,33,35H,14-15,20,24-25H2,1-7H3,(H,39,43)(H,40,42). The van der Waals surface area contributed by atoms with Gasteiger partial charge in [0.1, 0.15) is 11.6 Å². The number of amides is 2. The van der Waals surface area contributed by atoms with E-state index in [0.29, 0.717) is 19.4 Å². The van der Waals surface area contributed by atoms with Gasteiger partial charge in [-0.05, 0) is 80.7 Å². The minimum atomic E-state index is -0.783. The van der Waals surface area contributed by atoms with Gasteiger partial charge in [-0.2, -0.15) is 0 Å². The van der Waals surface area contributed by atoms with Crippen LogP contribution >= 0.6 is 0 Å². The highest BCUT2D eigenvalue weighted by atomic mass is 16.6. The number of benzene rings is 3. The van der Waals surface area contributed by atoms with Crippen molar-refractivity contribution in [2.24, 2.45) is 11.8 Å². The molecule has 242 valence electrons. The molecule has 0 fully saturated rings. The molecule has 0 spiro atoms. The highest BCUT2D eigenvalue weighted by Crippen LogP contribution is 2.25. The molecule has 0 saturated carbocycles. The fourth-order valence-corrected chi connectivity index (χ4v) is 5.43. The second kappa shape index (κ2) is 16.9. The average Bonchev–Trinajstić information content (AvgIpc) is 2.99. The van der Waals surface area contributed by atoms with Gasteiger partial charge in [-0.3, -0.25) is 14.4 Å². The molecule has 0 radical (unpaired) electrons. The molecule has 2 amide bonds. The van der Waals surface area contributed by atoms with Crippen LogP contribution in [0, 0.1) is 18.8 Å². The van der Waals surface area contributed by atoms with Crippen LogP contribution in [0.2, 0.25) is 0 Å². The molecule has 0 aromatic heterocycles.